The van der Waals surface area contributed by atoms with Crippen LogP contribution in [0.1, 0.15) is 35.1 Å². The fourth-order valence-corrected chi connectivity index (χ4v) is 2.05. The molecule has 5 nitrogen and oxygen atoms in total. The van der Waals surface area contributed by atoms with Gasteiger partial charge in [0.2, 0.25) is 0 Å². The van der Waals surface area contributed by atoms with Gasteiger partial charge >= 0.3 is 0 Å². The molecule has 0 bridgehead atoms. The highest BCUT2D eigenvalue weighted by Crippen LogP contribution is 2.18. The van der Waals surface area contributed by atoms with Crippen molar-refractivity contribution in [3.05, 3.63) is 36.1 Å². The number of likely N-dealkylation sites (N-methyl/N-ethyl adjacent to an activating group) is 1. The highest BCUT2D eigenvalue weighted by molar-refractivity contribution is 6.16. The fourth-order valence-electron chi connectivity index (χ4n) is 2.05. The Kier molecular flexibility index (Phi) is 6.97. The van der Waals surface area contributed by atoms with E-state index in [-0.39, 0.29) is 37.1 Å². The summed E-state index contributed by atoms with van der Waals surface area (Å²) in [5.74, 6) is -0.194. The number of nitrogens with zero attached hydrogens (tertiary/aromatic N) is 2. The van der Waals surface area contributed by atoms with Crippen molar-refractivity contribution in [2.24, 2.45) is 5.92 Å². The van der Waals surface area contributed by atoms with Crippen molar-refractivity contribution in [3.8, 4) is 0 Å². The summed E-state index contributed by atoms with van der Waals surface area (Å²) in [5, 5.41) is 0. The number of hydrogen-bond acceptors (Lipinski definition) is 3. The van der Waals surface area contributed by atoms with Gasteiger partial charge in [0.25, 0.3) is 17.7 Å². The van der Waals surface area contributed by atoms with Gasteiger partial charge in [0.1, 0.15) is 0 Å². The van der Waals surface area contributed by atoms with E-state index >= 15 is 0 Å². The lowest BCUT2D eigenvalue weighted by atomic mass is 10.0. The van der Waals surface area contributed by atoms with Crippen molar-refractivity contribution in [2.45, 2.75) is 41.2 Å². The van der Waals surface area contributed by atoms with Crippen molar-refractivity contribution < 1.29 is 14.4 Å². The van der Waals surface area contributed by atoms with Crippen LogP contribution in [0.4, 0.5) is 0 Å². The summed E-state index contributed by atoms with van der Waals surface area (Å²) in [6.07, 6.45) is 4.69. The number of allylic oxidation sites excluding steroid dienone is 1. The zero-order valence-electron chi connectivity index (χ0n) is 13.2. The van der Waals surface area contributed by atoms with Crippen molar-refractivity contribution in [2.75, 3.05) is 7.05 Å². The molecule has 3 amide bonds. The molecule has 0 unspecified atom stereocenters. The van der Waals surface area contributed by atoms with Gasteiger partial charge in [0.05, 0.1) is 0 Å². The third-order valence-electron chi connectivity index (χ3n) is 3.26. The molecular formula is C17H26N2O3. The second-order valence-corrected chi connectivity index (χ2v) is 5.58. The maximum Gasteiger partial charge on any atom is 0.256 e. The molecule has 2 heterocycles. The Morgan fingerprint density at radius 3 is 1.73 bits per heavy atom. The minimum Gasteiger partial charge on any atom is -0.307 e. The van der Waals surface area contributed by atoms with Crippen molar-refractivity contribution in [1.82, 2.24) is 9.80 Å². The summed E-state index contributed by atoms with van der Waals surface area (Å²) < 4.78 is 0. The lowest BCUT2D eigenvalue weighted by molar-refractivity contribution is -0.135. The molecule has 0 radical (unpaired) electrons. The third kappa shape index (κ3) is 4.16. The van der Waals surface area contributed by atoms with Crippen molar-refractivity contribution >= 4 is 17.7 Å². The number of amides is 3. The van der Waals surface area contributed by atoms with E-state index < -0.39 is 0 Å². The van der Waals surface area contributed by atoms with Gasteiger partial charge in [0.15, 0.2) is 0 Å². The first-order chi connectivity index (χ1) is 9.66. The summed E-state index contributed by atoms with van der Waals surface area (Å²) in [5.41, 5.74) is 1.40. The van der Waals surface area contributed by atoms with E-state index in [1.807, 2.05) is 27.7 Å². The average molecular weight is 306 g/mol. The van der Waals surface area contributed by atoms with Gasteiger partial charge in [0, 0.05) is 36.5 Å². The molecule has 5 heteroatoms. The Hall–Kier alpha value is -2.17. The van der Waals surface area contributed by atoms with Crippen LogP contribution in [0, 0.1) is 5.92 Å². The highest BCUT2D eigenvalue weighted by Gasteiger charge is 2.28. The van der Waals surface area contributed by atoms with Gasteiger partial charge in [-0.05, 0) is 25.8 Å². The van der Waals surface area contributed by atoms with Crippen LogP contribution in [0.2, 0.25) is 0 Å². The maximum atomic E-state index is 11.2. The van der Waals surface area contributed by atoms with E-state index in [0.717, 1.165) is 10.6 Å². The highest BCUT2D eigenvalue weighted by atomic mass is 16.2. The molecule has 0 aromatic heterocycles. The fraction of sp³-hybridized carbons (Fsp3) is 0.471. The predicted molar refractivity (Wildman–Crippen MR) is 87.7 cm³/mol. The molecule has 0 spiro atoms. The normalized spacial score (nSPS) is 17.1. The molecule has 2 aliphatic rings. The molecule has 0 saturated carbocycles. The lowest BCUT2D eigenvalue weighted by Crippen LogP contribution is -2.30. The number of rotatable bonds is 2. The van der Waals surface area contributed by atoms with Gasteiger partial charge in [-0.3, -0.25) is 19.3 Å². The molecule has 0 fully saturated rings. The predicted octanol–water partition coefficient (Wildman–Crippen LogP) is 2.51. The number of imide groups is 1. The minimum atomic E-state index is -0.210. The maximum absolute atomic E-state index is 11.2. The summed E-state index contributed by atoms with van der Waals surface area (Å²) in [6.45, 7) is 11.5. The average Bonchev–Trinajstić information content (AvgIpc) is 2.85. The Balaban J connectivity index is 0.000000385. The SMILES string of the molecule is C.C=C1C=CC(=O)N1C(C)C.CC(C)C1=CC(=O)N(C)C1=O. The summed E-state index contributed by atoms with van der Waals surface area (Å²) in [4.78, 5) is 35.9. The summed E-state index contributed by atoms with van der Waals surface area (Å²) >= 11 is 0. The van der Waals surface area contributed by atoms with Crippen LogP contribution in [0.15, 0.2) is 36.1 Å². The monoisotopic (exact) mass is 306 g/mol. The first-order valence-electron chi connectivity index (χ1n) is 6.90. The van der Waals surface area contributed by atoms with E-state index in [4.69, 9.17) is 0 Å². The third-order valence-corrected chi connectivity index (χ3v) is 3.26. The van der Waals surface area contributed by atoms with Crippen LogP contribution in [-0.4, -0.2) is 40.6 Å². The number of carbonyl (C=O) groups is 3. The van der Waals surface area contributed by atoms with Crippen molar-refractivity contribution in [3.63, 3.8) is 0 Å². The second-order valence-electron chi connectivity index (χ2n) is 5.58. The van der Waals surface area contributed by atoms with Crippen LogP contribution < -0.4 is 0 Å². The minimum absolute atomic E-state index is 0. The molecular weight excluding hydrogens is 280 g/mol. The quantitative estimate of drug-likeness (QED) is 0.737. The Bertz CT molecular complexity index is 524. The van der Waals surface area contributed by atoms with Crippen LogP contribution in [0.25, 0.3) is 0 Å². The number of hydrogen-bond donors (Lipinski definition) is 0. The second kappa shape index (κ2) is 7.73. The van der Waals surface area contributed by atoms with Crippen LogP contribution in [-0.2, 0) is 14.4 Å². The topological polar surface area (TPSA) is 57.7 Å². The Labute approximate surface area is 133 Å². The molecule has 0 aromatic rings. The molecule has 0 saturated heterocycles. The number of carbonyl (C=O) groups excluding carboxylic acids is 3. The smallest absolute Gasteiger partial charge is 0.256 e. The lowest BCUT2D eigenvalue weighted by Gasteiger charge is -2.21. The molecule has 22 heavy (non-hydrogen) atoms. The van der Waals surface area contributed by atoms with Crippen LogP contribution in [0.3, 0.4) is 0 Å². The molecule has 0 atom stereocenters. The molecule has 122 valence electrons. The zero-order chi connectivity index (χ0) is 16.3. The standard InChI is InChI=1S/C8H11NO2.C8H11NO.CH4/c1-5(2)6-4-7(10)9(3)8(6)11;1-6(2)9-7(3)4-5-8(9)10;/h4-5H,1-3H3;4-6H,3H2,1-2H3;1H4. The molecule has 2 rings (SSSR count). The van der Waals surface area contributed by atoms with E-state index in [2.05, 4.69) is 6.58 Å². The zero-order valence-corrected chi connectivity index (χ0v) is 13.2. The van der Waals surface area contributed by atoms with E-state index in [1.54, 1.807) is 17.1 Å². The van der Waals surface area contributed by atoms with Crippen LogP contribution in [0.5, 0.6) is 0 Å². The first-order valence-corrected chi connectivity index (χ1v) is 6.90. The largest absolute Gasteiger partial charge is 0.307 e. The van der Waals surface area contributed by atoms with Crippen LogP contribution >= 0.6 is 0 Å². The molecule has 0 aliphatic carbocycles. The van der Waals surface area contributed by atoms with E-state index in [0.29, 0.717) is 5.57 Å². The van der Waals surface area contributed by atoms with Crippen molar-refractivity contribution in [1.29, 1.82) is 0 Å². The van der Waals surface area contributed by atoms with Gasteiger partial charge in [-0.25, -0.2) is 0 Å². The van der Waals surface area contributed by atoms with Gasteiger partial charge in [-0.1, -0.05) is 27.9 Å². The summed E-state index contributed by atoms with van der Waals surface area (Å²) in [6, 6.07) is 0.218. The molecule has 0 N–H and O–H groups in total. The van der Waals surface area contributed by atoms with E-state index in [1.165, 1.54) is 13.1 Å². The van der Waals surface area contributed by atoms with Gasteiger partial charge < -0.3 is 4.90 Å². The molecule has 0 aromatic carbocycles. The van der Waals surface area contributed by atoms with E-state index in [9.17, 15) is 14.4 Å². The summed E-state index contributed by atoms with van der Waals surface area (Å²) in [7, 11) is 1.50. The van der Waals surface area contributed by atoms with Gasteiger partial charge in [-0.2, -0.15) is 0 Å². The molecule has 2 aliphatic heterocycles. The van der Waals surface area contributed by atoms with Gasteiger partial charge in [-0.15, -0.1) is 0 Å². The Morgan fingerprint density at radius 2 is 1.55 bits per heavy atom. The Morgan fingerprint density at radius 1 is 1.00 bits per heavy atom. The first kappa shape index (κ1) is 19.8.